The highest BCUT2D eigenvalue weighted by atomic mass is 16.2. The first-order chi connectivity index (χ1) is 9.62. The Balaban J connectivity index is 1.55. The Kier molecular flexibility index (Phi) is 2.66. The minimum atomic E-state index is 0.0238. The summed E-state index contributed by atoms with van der Waals surface area (Å²) in [5, 5.41) is 3.37. The van der Waals surface area contributed by atoms with E-state index in [1.54, 1.807) is 0 Å². The van der Waals surface area contributed by atoms with Crippen molar-refractivity contribution in [2.24, 2.45) is 17.8 Å². The van der Waals surface area contributed by atoms with E-state index in [0.29, 0.717) is 5.69 Å². The van der Waals surface area contributed by atoms with Crippen LogP contribution in [-0.2, 0) is 0 Å². The zero-order valence-corrected chi connectivity index (χ0v) is 12.1. The lowest BCUT2D eigenvalue weighted by atomic mass is 9.53. The van der Waals surface area contributed by atoms with Gasteiger partial charge in [-0.3, -0.25) is 4.79 Å². The number of carbonyl (C=O) groups excluding carboxylic acids is 1. The molecule has 4 aliphatic carbocycles. The first kappa shape index (κ1) is 12.4. The van der Waals surface area contributed by atoms with Gasteiger partial charge in [-0.1, -0.05) is 6.07 Å². The molecule has 4 fully saturated rings. The van der Waals surface area contributed by atoms with Gasteiger partial charge in [-0.2, -0.15) is 0 Å². The Morgan fingerprint density at radius 2 is 1.75 bits per heavy atom. The maximum Gasteiger partial charge on any atom is 0.270 e. The number of rotatable bonds is 2. The number of nitrogens with one attached hydrogen (secondary N) is 1. The molecule has 0 aromatic carbocycles. The maximum absolute atomic E-state index is 12.5. The Morgan fingerprint density at radius 1 is 1.15 bits per heavy atom. The molecule has 3 nitrogen and oxygen atoms in total. The van der Waals surface area contributed by atoms with E-state index in [4.69, 9.17) is 0 Å². The Labute approximate surface area is 120 Å². The lowest BCUT2D eigenvalue weighted by Gasteiger charge is -2.56. The van der Waals surface area contributed by atoms with Crippen LogP contribution in [0.15, 0.2) is 18.2 Å². The maximum atomic E-state index is 12.5. The van der Waals surface area contributed by atoms with Gasteiger partial charge in [-0.15, -0.1) is 0 Å². The number of amides is 1. The Hall–Kier alpha value is -1.38. The van der Waals surface area contributed by atoms with Crippen LogP contribution in [0.5, 0.6) is 0 Å². The van der Waals surface area contributed by atoms with Crippen LogP contribution in [0.25, 0.3) is 0 Å². The predicted molar refractivity (Wildman–Crippen MR) is 77.3 cm³/mol. The lowest BCUT2D eigenvalue weighted by Crippen LogP contribution is -2.59. The number of pyridine rings is 1. The van der Waals surface area contributed by atoms with E-state index >= 15 is 0 Å². The molecule has 1 amide bonds. The molecule has 0 atom stereocenters. The third kappa shape index (κ3) is 2.04. The van der Waals surface area contributed by atoms with E-state index in [9.17, 15) is 4.79 Å². The molecule has 1 heterocycles. The summed E-state index contributed by atoms with van der Waals surface area (Å²) in [5.41, 5.74) is 1.56. The van der Waals surface area contributed by atoms with Gasteiger partial charge in [0.1, 0.15) is 5.69 Å². The third-order valence-electron chi connectivity index (χ3n) is 5.54. The van der Waals surface area contributed by atoms with Crippen molar-refractivity contribution in [3.05, 3.63) is 29.6 Å². The quantitative estimate of drug-likeness (QED) is 0.897. The topological polar surface area (TPSA) is 42.0 Å². The number of hydrogen-bond donors (Lipinski definition) is 1. The molecule has 20 heavy (non-hydrogen) atoms. The van der Waals surface area contributed by atoms with Gasteiger partial charge in [0.2, 0.25) is 0 Å². The number of carbonyl (C=O) groups is 1. The second-order valence-electron chi connectivity index (χ2n) is 7.32. The number of aromatic nitrogens is 1. The normalized spacial score (nSPS) is 38.0. The fraction of sp³-hybridized carbons (Fsp3) is 0.647. The van der Waals surface area contributed by atoms with Gasteiger partial charge in [0.15, 0.2) is 0 Å². The Bertz CT molecular complexity index is 516. The summed E-state index contributed by atoms with van der Waals surface area (Å²) in [4.78, 5) is 16.9. The molecule has 4 aliphatic rings. The summed E-state index contributed by atoms with van der Waals surface area (Å²) < 4.78 is 0. The average Bonchev–Trinajstić information content (AvgIpc) is 2.36. The second-order valence-corrected chi connectivity index (χ2v) is 7.32. The highest BCUT2D eigenvalue weighted by Crippen LogP contribution is 2.55. The van der Waals surface area contributed by atoms with E-state index < -0.39 is 0 Å². The van der Waals surface area contributed by atoms with Gasteiger partial charge in [0.25, 0.3) is 5.91 Å². The number of nitrogens with zero attached hydrogens (tertiary/aromatic N) is 1. The molecule has 0 spiro atoms. The van der Waals surface area contributed by atoms with E-state index in [1.165, 1.54) is 38.5 Å². The van der Waals surface area contributed by atoms with Crippen molar-refractivity contribution in [1.82, 2.24) is 10.3 Å². The number of aryl methyl sites for hydroxylation is 1. The Morgan fingerprint density at radius 3 is 2.30 bits per heavy atom. The van der Waals surface area contributed by atoms with Crippen LogP contribution in [0.4, 0.5) is 0 Å². The van der Waals surface area contributed by atoms with E-state index in [2.05, 4.69) is 10.3 Å². The molecular weight excluding hydrogens is 248 g/mol. The molecule has 0 radical (unpaired) electrons. The molecule has 4 bridgehead atoms. The molecule has 106 valence electrons. The minimum absolute atomic E-state index is 0.0238. The van der Waals surface area contributed by atoms with Crippen molar-refractivity contribution >= 4 is 5.91 Å². The molecule has 1 N–H and O–H groups in total. The summed E-state index contributed by atoms with van der Waals surface area (Å²) >= 11 is 0. The van der Waals surface area contributed by atoms with Gasteiger partial charge >= 0.3 is 0 Å². The molecular formula is C17H22N2O. The fourth-order valence-corrected chi connectivity index (χ4v) is 5.24. The van der Waals surface area contributed by atoms with Gasteiger partial charge < -0.3 is 5.32 Å². The monoisotopic (exact) mass is 270 g/mol. The molecule has 0 unspecified atom stereocenters. The van der Waals surface area contributed by atoms with Gasteiger partial charge in [-0.05, 0) is 75.3 Å². The van der Waals surface area contributed by atoms with Crippen molar-refractivity contribution in [1.29, 1.82) is 0 Å². The van der Waals surface area contributed by atoms with E-state index in [0.717, 1.165) is 23.4 Å². The largest absolute Gasteiger partial charge is 0.345 e. The first-order valence-corrected chi connectivity index (χ1v) is 7.88. The van der Waals surface area contributed by atoms with E-state index in [-0.39, 0.29) is 11.4 Å². The van der Waals surface area contributed by atoms with Crippen LogP contribution in [0.2, 0.25) is 0 Å². The average molecular weight is 270 g/mol. The lowest BCUT2D eigenvalue weighted by molar-refractivity contribution is -0.0167. The van der Waals surface area contributed by atoms with Crippen LogP contribution in [0.3, 0.4) is 0 Å². The van der Waals surface area contributed by atoms with E-state index in [1.807, 2.05) is 25.1 Å². The predicted octanol–water partition coefficient (Wildman–Crippen LogP) is 3.09. The molecule has 4 saturated carbocycles. The van der Waals surface area contributed by atoms with Crippen LogP contribution in [0.1, 0.15) is 54.7 Å². The van der Waals surface area contributed by atoms with Crippen LogP contribution in [-0.4, -0.2) is 16.4 Å². The summed E-state index contributed by atoms with van der Waals surface area (Å²) in [6.07, 6.45) is 7.77. The van der Waals surface area contributed by atoms with Crippen LogP contribution < -0.4 is 5.32 Å². The smallest absolute Gasteiger partial charge is 0.270 e. The fourth-order valence-electron chi connectivity index (χ4n) is 5.24. The van der Waals surface area contributed by atoms with Crippen LogP contribution >= 0.6 is 0 Å². The summed E-state index contributed by atoms with van der Waals surface area (Å²) in [5.74, 6) is 2.58. The summed E-state index contributed by atoms with van der Waals surface area (Å²) in [7, 11) is 0. The molecule has 0 saturated heterocycles. The zero-order chi connectivity index (χ0) is 13.7. The van der Waals surface area contributed by atoms with Gasteiger partial charge in [0, 0.05) is 11.2 Å². The molecule has 1 aromatic rings. The highest BCUT2D eigenvalue weighted by Gasteiger charge is 2.51. The van der Waals surface area contributed by atoms with Crippen molar-refractivity contribution in [3.8, 4) is 0 Å². The standard InChI is InChI=1S/C17H22N2O/c1-11-3-2-4-15(18-11)16(20)19-17-8-12-5-13(9-17)7-14(6-12)10-17/h2-4,12-14H,5-10H2,1H3,(H,19,20). The van der Waals surface area contributed by atoms with Crippen LogP contribution in [0, 0.1) is 24.7 Å². The number of hydrogen-bond acceptors (Lipinski definition) is 2. The summed E-state index contributed by atoms with van der Waals surface area (Å²) in [6, 6.07) is 5.67. The van der Waals surface area contributed by atoms with Crippen molar-refractivity contribution in [3.63, 3.8) is 0 Å². The molecule has 1 aromatic heterocycles. The third-order valence-corrected chi connectivity index (χ3v) is 5.54. The molecule has 5 rings (SSSR count). The SMILES string of the molecule is Cc1cccc(C(=O)NC23CC4CC(CC(C4)C2)C3)n1. The summed E-state index contributed by atoms with van der Waals surface area (Å²) in [6.45, 7) is 1.93. The van der Waals surface area contributed by atoms with Gasteiger partial charge in [0.05, 0.1) is 0 Å². The van der Waals surface area contributed by atoms with Crippen molar-refractivity contribution in [2.45, 2.75) is 51.0 Å². The zero-order valence-electron chi connectivity index (χ0n) is 12.1. The second kappa shape index (κ2) is 4.31. The minimum Gasteiger partial charge on any atom is -0.345 e. The van der Waals surface area contributed by atoms with Gasteiger partial charge in [-0.25, -0.2) is 4.98 Å². The molecule has 0 aliphatic heterocycles. The molecule has 3 heteroatoms. The van der Waals surface area contributed by atoms with Crippen molar-refractivity contribution < 1.29 is 4.79 Å². The highest BCUT2D eigenvalue weighted by molar-refractivity contribution is 5.92. The first-order valence-electron chi connectivity index (χ1n) is 7.88. The van der Waals surface area contributed by atoms with Crippen molar-refractivity contribution in [2.75, 3.05) is 0 Å².